The van der Waals surface area contributed by atoms with E-state index < -0.39 is 0 Å². The van der Waals surface area contributed by atoms with Crippen LogP contribution in [0.15, 0.2) is 36.5 Å². The lowest BCUT2D eigenvalue weighted by Gasteiger charge is -2.02. The fraction of sp³-hybridized carbons (Fsp3) is 0.231. The minimum absolute atomic E-state index is 0.796. The zero-order valence-corrected chi connectivity index (χ0v) is 10.9. The smallest absolute Gasteiger partial charge is 0.108 e. The van der Waals surface area contributed by atoms with Gasteiger partial charge < -0.3 is 5.32 Å². The van der Waals surface area contributed by atoms with Gasteiger partial charge in [0.1, 0.15) is 5.01 Å². The van der Waals surface area contributed by atoms with Crippen LogP contribution in [0.1, 0.15) is 10.7 Å². The zero-order valence-electron chi connectivity index (χ0n) is 10.1. The van der Waals surface area contributed by atoms with Crippen LogP contribution in [0.2, 0.25) is 0 Å². The second-order valence-corrected chi connectivity index (χ2v) is 5.24. The molecule has 0 amide bonds. The lowest BCUT2D eigenvalue weighted by Crippen LogP contribution is -2.15. The molecule has 0 saturated heterocycles. The summed E-state index contributed by atoms with van der Waals surface area (Å²) in [6, 6.07) is 10.3. The van der Waals surface area contributed by atoms with Crippen LogP contribution in [0.25, 0.3) is 10.2 Å². The van der Waals surface area contributed by atoms with E-state index in [1.165, 1.54) is 10.4 Å². The number of para-hydroxylation sites is 1. The molecule has 92 valence electrons. The summed E-state index contributed by atoms with van der Waals surface area (Å²) in [6.07, 6.45) is 1.81. The molecule has 3 aromatic rings. The average Bonchev–Trinajstić information content (AvgIpc) is 2.96. The van der Waals surface area contributed by atoms with Gasteiger partial charge in [0.25, 0.3) is 0 Å². The summed E-state index contributed by atoms with van der Waals surface area (Å²) >= 11 is 1.74. The molecule has 0 aliphatic carbocycles. The number of fused-ring (bicyclic) bond motifs is 1. The van der Waals surface area contributed by atoms with Crippen LogP contribution in [-0.2, 0) is 20.1 Å². The van der Waals surface area contributed by atoms with Crippen LogP contribution in [0.3, 0.4) is 0 Å². The monoisotopic (exact) mass is 258 g/mol. The average molecular weight is 258 g/mol. The Labute approximate surface area is 109 Å². The van der Waals surface area contributed by atoms with E-state index in [1.54, 1.807) is 11.3 Å². The van der Waals surface area contributed by atoms with Gasteiger partial charge >= 0.3 is 0 Å². The van der Waals surface area contributed by atoms with Crippen LogP contribution in [0.4, 0.5) is 0 Å². The van der Waals surface area contributed by atoms with Gasteiger partial charge in [0, 0.05) is 26.3 Å². The molecule has 0 spiro atoms. The lowest BCUT2D eigenvalue weighted by atomic mass is 10.3. The van der Waals surface area contributed by atoms with Crippen molar-refractivity contribution in [1.29, 1.82) is 0 Å². The summed E-state index contributed by atoms with van der Waals surface area (Å²) in [5, 5.41) is 8.66. The van der Waals surface area contributed by atoms with Gasteiger partial charge in [-0.3, -0.25) is 4.68 Å². The summed E-state index contributed by atoms with van der Waals surface area (Å²) in [4.78, 5) is 4.59. The standard InChI is InChI=1S/C13H14N4S/c1-17-10(6-7-15-17)8-14-9-13-16-11-4-2-3-5-12(11)18-13/h2-7,14H,8-9H2,1H3. The Morgan fingerprint density at radius 1 is 1.22 bits per heavy atom. The van der Waals surface area contributed by atoms with Crippen molar-refractivity contribution < 1.29 is 0 Å². The summed E-state index contributed by atoms with van der Waals surface area (Å²) in [6.45, 7) is 1.61. The Kier molecular flexibility index (Phi) is 3.08. The maximum absolute atomic E-state index is 4.59. The van der Waals surface area contributed by atoms with Crippen LogP contribution < -0.4 is 5.32 Å². The van der Waals surface area contributed by atoms with E-state index in [9.17, 15) is 0 Å². The molecule has 3 rings (SSSR count). The minimum Gasteiger partial charge on any atom is -0.305 e. The molecule has 0 saturated carbocycles. The number of hydrogen-bond donors (Lipinski definition) is 1. The van der Waals surface area contributed by atoms with E-state index in [2.05, 4.69) is 27.5 Å². The molecule has 0 aliphatic rings. The van der Waals surface area contributed by atoms with Gasteiger partial charge in [0.05, 0.1) is 15.9 Å². The molecule has 2 heterocycles. The number of thiazole rings is 1. The van der Waals surface area contributed by atoms with E-state index in [-0.39, 0.29) is 0 Å². The fourth-order valence-electron chi connectivity index (χ4n) is 1.87. The molecule has 0 bridgehead atoms. The Morgan fingerprint density at radius 2 is 2.11 bits per heavy atom. The van der Waals surface area contributed by atoms with Gasteiger partial charge in [-0.05, 0) is 18.2 Å². The quantitative estimate of drug-likeness (QED) is 0.781. The van der Waals surface area contributed by atoms with Gasteiger partial charge in [-0.25, -0.2) is 4.98 Å². The number of aryl methyl sites for hydroxylation is 1. The molecular weight excluding hydrogens is 244 g/mol. The first kappa shape index (κ1) is 11.4. The summed E-state index contributed by atoms with van der Waals surface area (Å²) < 4.78 is 3.13. The molecule has 18 heavy (non-hydrogen) atoms. The highest BCUT2D eigenvalue weighted by Gasteiger charge is 2.03. The van der Waals surface area contributed by atoms with Crippen LogP contribution in [0, 0.1) is 0 Å². The molecule has 0 unspecified atom stereocenters. The predicted octanol–water partition coefficient (Wildman–Crippen LogP) is 2.32. The van der Waals surface area contributed by atoms with Crippen molar-refractivity contribution in [2.24, 2.45) is 7.05 Å². The van der Waals surface area contributed by atoms with Crippen molar-refractivity contribution in [3.8, 4) is 0 Å². The molecule has 4 nitrogen and oxygen atoms in total. The highest BCUT2D eigenvalue weighted by atomic mass is 32.1. The normalized spacial score (nSPS) is 11.2. The van der Waals surface area contributed by atoms with E-state index in [1.807, 2.05) is 36.1 Å². The van der Waals surface area contributed by atoms with Gasteiger partial charge in [-0.1, -0.05) is 12.1 Å². The number of nitrogens with one attached hydrogen (secondary N) is 1. The van der Waals surface area contributed by atoms with Gasteiger partial charge in [0.15, 0.2) is 0 Å². The highest BCUT2D eigenvalue weighted by Crippen LogP contribution is 2.21. The number of benzene rings is 1. The van der Waals surface area contributed by atoms with Crippen molar-refractivity contribution in [2.75, 3.05) is 0 Å². The highest BCUT2D eigenvalue weighted by molar-refractivity contribution is 7.18. The molecule has 5 heteroatoms. The van der Waals surface area contributed by atoms with Gasteiger partial charge in [0.2, 0.25) is 0 Å². The van der Waals surface area contributed by atoms with Crippen LogP contribution >= 0.6 is 11.3 Å². The minimum atomic E-state index is 0.796. The second-order valence-electron chi connectivity index (χ2n) is 4.13. The zero-order chi connectivity index (χ0) is 12.4. The Bertz CT molecular complexity index is 623. The molecule has 2 aromatic heterocycles. The van der Waals surface area contributed by atoms with Crippen molar-refractivity contribution in [2.45, 2.75) is 13.1 Å². The molecule has 1 N–H and O–H groups in total. The number of hydrogen-bond acceptors (Lipinski definition) is 4. The Morgan fingerprint density at radius 3 is 2.89 bits per heavy atom. The topological polar surface area (TPSA) is 42.7 Å². The van der Waals surface area contributed by atoms with Crippen molar-refractivity contribution in [3.63, 3.8) is 0 Å². The number of aromatic nitrogens is 3. The molecule has 0 atom stereocenters. The number of nitrogens with zero attached hydrogens (tertiary/aromatic N) is 3. The van der Waals surface area contributed by atoms with E-state index in [0.29, 0.717) is 0 Å². The third-order valence-electron chi connectivity index (χ3n) is 2.84. The van der Waals surface area contributed by atoms with E-state index in [4.69, 9.17) is 0 Å². The Balaban J connectivity index is 1.65. The predicted molar refractivity (Wildman–Crippen MR) is 73.4 cm³/mol. The third kappa shape index (κ3) is 2.27. The first-order valence-corrected chi connectivity index (χ1v) is 6.66. The maximum Gasteiger partial charge on any atom is 0.108 e. The van der Waals surface area contributed by atoms with Crippen molar-refractivity contribution in [1.82, 2.24) is 20.1 Å². The summed E-state index contributed by atoms with van der Waals surface area (Å²) in [5.41, 5.74) is 2.26. The van der Waals surface area contributed by atoms with E-state index >= 15 is 0 Å². The Hall–Kier alpha value is -1.72. The fourth-order valence-corrected chi connectivity index (χ4v) is 2.80. The third-order valence-corrected chi connectivity index (χ3v) is 3.88. The lowest BCUT2D eigenvalue weighted by molar-refractivity contribution is 0.625. The number of rotatable bonds is 4. The SMILES string of the molecule is Cn1nccc1CNCc1nc2ccccc2s1. The maximum atomic E-state index is 4.59. The van der Waals surface area contributed by atoms with Crippen LogP contribution in [0.5, 0.6) is 0 Å². The van der Waals surface area contributed by atoms with Crippen molar-refractivity contribution in [3.05, 3.63) is 47.2 Å². The summed E-state index contributed by atoms with van der Waals surface area (Å²) in [7, 11) is 1.95. The van der Waals surface area contributed by atoms with Crippen molar-refractivity contribution >= 4 is 21.6 Å². The van der Waals surface area contributed by atoms with Crippen LogP contribution in [-0.4, -0.2) is 14.8 Å². The second kappa shape index (κ2) is 4.88. The summed E-state index contributed by atoms with van der Waals surface area (Å²) in [5.74, 6) is 0. The first-order valence-electron chi connectivity index (χ1n) is 5.85. The van der Waals surface area contributed by atoms with Gasteiger partial charge in [-0.15, -0.1) is 11.3 Å². The van der Waals surface area contributed by atoms with Gasteiger partial charge in [-0.2, -0.15) is 5.10 Å². The van der Waals surface area contributed by atoms with E-state index in [0.717, 1.165) is 23.6 Å². The largest absolute Gasteiger partial charge is 0.305 e. The molecule has 0 aliphatic heterocycles. The molecule has 0 fully saturated rings. The molecular formula is C13H14N4S. The molecule has 0 radical (unpaired) electrons. The molecule has 1 aromatic carbocycles. The first-order chi connectivity index (χ1) is 8.83.